The Bertz CT molecular complexity index is 670. The summed E-state index contributed by atoms with van der Waals surface area (Å²) < 4.78 is 5.34. The molecule has 2 aromatic rings. The van der Waals surface area contributed by atoms with E-state index in [9.17, 15) is 4.79 Å². The topological polar surface area (TPSA) is 42.4 Å². The van der Waals surface area contributed by atoms with E-state index in [-0.39, 0.29) is 5.91 Å². The Morgan fingerprint density at radius 2 is 2.14 bits per heavy atom. The van der Waals surface area contributed by atoms with Crippen molar-refractivity contribution in [2.45, 2.75) is 25.7 Å². The number of pyridine rings is 1. The highest BCUT2D eigenvalue weighted by molar-refractivity contribution is 5.94. The Kier molecular flexibility index (Phi) is 4.37. The monoisotopic (exact) mass is 296 g/mol. The molecule has 4 nitrogen and oxygen atoms in total. The molecule has 0 N–H and O–H groups in total. The molecule has 1 aromatic heterocycles. The summed E-state index contributed by atoms with van der Waals surface area (Å²) in [6, 6.07) is 11.7. The first-order valence-electron chi connectivity index (χ1n) is 7.66. The minimum Gasteiger partial charge on any atom is -0.496 e. The highest BCUT2D eigenvalue weighted by Crippen LogP contribution is 2.26. The summed E-state index contributed by atoms with van der Waals surface area (Å²) in [6.45, 7) is 0.781. The first kappa shape index (κ1) is 14.6. The standard InChI is InChI=1S/C18H20N2O2/c1-22-17-9-3-2-6-14(17)10-11-18(21)20-13-5-7-15-16(20)8-4-12-19-15/h2-4,6,8-9,12H,5,7,10-11,13H2,1H3. The van der Waals surface area contributed by atoms with Gasteiger partial charge in [0.05, 0.1) is 18.5 Å². The quantitative estimate of drug-likeness (QED) is 0.871. The van der Waals surface area contributed by atoms with Crippen LogP contribution in [0.4, 0.5) is 5.69 Å². The summed E-state index contributed by atoms with van der Waals surface area (Å²) in [5.74, 6) is 0.996. The van der Waals surface area contributed by atoms with E-state index in [2.05, 4.69) is 4.98 Å². The molecule has 0 unspecified atom stereocenters. The van der Waals surface area contributed by atoms with Crippen LogP contribution in [0.25, 0.3) is 0 Å². The zero-order valence-corrected chi connectivity index (χ0v) is 12.8. The third-order valence-electron chi connectivity index (χ3n) is 4.05. The van der Waals surface area contributed by atoms with Gasteiger partial charge in [0.2, 0.25) is 5.91 Å². The molecule has 114 valence electrons. The smallest absolute Gasteiger partial charge is 0.227 e. The Morgan fingerprint density at radius 3 is 3.00 bits per heavy atom. The molecule has 1 aliphatic rings. The van der Waals surface area contributed by atoms with Crippen LogP contribution in [-0.2, 0) is 17.6 Å². The van der Waals surface area contributed by atoms with E-state index in [1.807, 2.05) is 41.3 Å². The number of anilines is 1. The second-order valence-electron chi connectivity index (χ2n) is 5.43. The fourth-order valence-electron chi connectivity index (χ4n) is 2.94. The number of para-hydroxylation sites is 1. The number of aromatic nitrogens is 1. The normalized spacial score (nSPS) is 13.6. The van der Waals surface area contributed by atoms with Crippen LogP contribution in [0, 0.1) is 0 Å². The molecule has 0 atom stereocenters. The minimum atomic E-state index is 0.153. The van der Waals surface area contributed by atoms with Gasteiger partial charge in [0.1, 0.15) is 5.75 Å². The van der Waals surface area contributed by atoms with E-state index in [1.54, 1.807) is 13.3 Å². The van der Waals surface area contributed by atoms with E-state index in [4.69, 9.17) is 4.74 Å². The lowest BCUT2D eigenvalue weighted by Gasteiger charge is -2.28. The predicted molar refractivity (Wildman–Crippen MR) is 86.2 cm³/mol. The number of amides is 1. The van der Waals surface area contributed by atoms with E-state index in [0.29, 0.717) is 12.8 Å². The number of benzene rings is 1. The van der Waals surface area contributed by atoms with Gasteiger partial charge in [-0.25, -0.2) is 0 Å². The maximum Gasteiger partial charge on any atom is 0.227 e. The third kappa shape index (κ3) is 2.96. The van der Waals surface area contributed by atoms with Crippen LogP contribution in [-0.4, -0.2) is 24.5 Å². The molecular formula is C18H20N2O2. The van der Waals surface area contributed by atoms with Crippen molar-refractivity contribution >= 4 is 11.6 Å². The van der Waals surface area contributed by atoms with E-state index < -0.39 is 0 Å². The SMILES string of the molecule is COc1ccccc1CCC(=O)N1CCCc2ncccc21. The van der Waals surface area contributed by atoms with Gasteiger partial charge in [-0.3, -0.25) is 9.78 Å². The lowest BCUT2D eigenvalue weighted by molar-refractivity contribution is -0.118. The summed E-state index contributed by atoms with van der Waals surface area (Å²) in [4.78, 5) is 18.9. The van der Waals surface area contributed by atoms with E-state index in [1.165, 1.54) is 0 Å². The van der Waals surface area contributed by atoms with Crippen molar-refractivity contribution in [2.75, 3.05) is 18.6 Å². The first-order chi connectivity index (χ1) is 10.8. The van der Waals surface area contributed by atoms with Crippen LogP contribution < -0.4 is 9.64 Å². The lowest BCUT2D eigenvalue weighted by Crippen LogP contribution is -2.35. The number of aryl methyl sites for hydroxylation is 2. The third-order valence-corrected chi connectivity index (χ3v) is 4.05. The maximum absolute atomic E-state index is 12.6. The van der Waals surface area contributed by atoms with Gasteiger partial charge in [-0.1, -0.05) is 18.2 Å². The van der Waals surface area contributed by atoms with Crippen molar-refractivity contribution in [3.05, 3.63) is 53.9 Å². The molecular weight excluding hydrogens is 276 g/mol. The number of methoxy groups -OCH3 is 1. The van der Waals surface area contributed by atoms with Gasteiger partial charge in [-0.15, -0.1) is 0 Å². The summed E-state index contributed by atoms with van der Waals surface area (Å²) >= 11 is 0. The summed E-state index contributed by atoms with van der Waals surface area (Å²) in [5.41, 5.74) is 3.07. The van der Waals surface area contributed by atoms with Crippen LogP contribution in [0.5, 0.6) is 5.75 Å². The van der Waals surface area contributed by atoms with Gasteiger partial charge in [-0.05, 0) is 43.0 Å². The second kappa shape index (κ2) is 6.60. The molecule has 0 spiro atoms. The molecule has 1 aliphatic heterocycles. The molecule has 0 radical (unpaired) electrons. The van der Waals surface area contributed by atoms with Crippen molar-refractivity contribution in [1.29, 1.82) is 0 Å². The number of ether oxygens (including phenoxy) is 1. The molecule has 0 fully saturated rings. The van der Waals surface area contributed by atoms with Crippen LogP contribution in [0.15, 0.2) is 42.6 Å². The molecule has 0 bridgehead atoms. The average Bonchev–Trinajstić information content (AvgIpc) is 2.59. The fraction of sp³-hybridized carbons (Fsp3) is 0.333. The van der Waals surface area contributed by atoms with Gasteiger partial charge < -0.3 is 9.64 Å². The van der Waals surface area contributed by atoms with Crippen molar-refractivity contribution in [1.82, 2.24) is 4.98 Å². The Balaban J connectivity index is 1.71. The Labute approximate surface area is 130 Å². The zero-order chi connectivity index (χ0) is 15.4. The predicted octanol–water partition coefficient (Wildman–Crippen LogP) is 3.00. The Hall–Kier alpha value is -2.36. The first-order valence-corrected chi connectivity index (χ1v) is 7.66. The lowest BCUT2D eigenvalue weighted by atomic mass is 10.0. The maximum atomic E-state index is 12.6. The molecule has 1 aromatic carbocycles. The van der Waals surface area contributed by atoms with E-state index in [0.717, 1.165) is 42.1 Å². The molecule has 0 saturated carbocycles. The number of hydrogen-bond acceptors (Lipinski definition) is 3. The number of rotatable bonds is 4. The Morgan fingerprint density at radius 1 is 1.27 bits per heavy atom. The van der Waals surface area contributed by atoms with Crippen molar-refractivity contribution in [3.63, 3.8) is 0 Å². The number of carbonyl (C=O) groups excluding carboxylic acids is 1. The molecule has 0 aliphatic carbocycles. The summed E-state index contributed by atoms with van der Waals surface area (Å²) in [5, 5.41) is 0. The number of carbonyl (C=O) groups is 1. The van der Waals surface area contributed by atoms with Crippen LogP contribution in [0.2, 0.25) is 0 Å². The van der Waals surface area contributed by atoms with Gasteiger partial charge in [0.15, 0.2) is 0 Å². The van der Waals surface area contributed by atoms with E-state index >= 15 is 0 Å². The van der Waals surface area contributed by atoms with Crippen LogP contribution in [0.3, 0.4) is 0 Å². The summed E-state index contributed by atoms with van der Waals surface area (Å²) in [6.07, 6.45) is 4.89. The molecule has 2 heterocycles. The van der Waals surface area contributed by atoms with Gasteiger partial charge in [-0.2, -0.15) is 0 Å². The average molecular weight is 296 g/mol. The minimum absolute atomic E-state index is 0.153. The fourth-order valence-corrected chi connectivity index (χ4v) is 2.94. The summed E-state index contributed by atoms with van der Waals surface area (Å²) in [7, 11) is 1.66. The van der Waals surface area contributed by atoms with Gasteiger partial charge in [0.25, 0.3) is 0 Å². The molecule has 22 heavy (non-hydrogen) atoms. The highest BCUT2D eigenvalue weighted by Gasteiger charge is 2.22. The number of nitrogens with zero attached hydrogens (tertiary/aromatic N) is 2. The van der Waals surface area contributed by atoms with Crippen molar-refractivity contribution in [3.8, 4) is 5.75 Å². The highest BCUT2D eigenvalue weighted by atomic mass is 16.5. The van der Waals surface area contributed by atoms with Crippen molar-refractivity contribution < 1.29 is 9.53 Å². The molecule has 4 heteroatoms. The number of hydrogen-bond donors (Lipinski definition) is 0. The van der Waals surface area contributed by atoms with Crippen LogP contribution in [0.1, 0.15) is 24.1 Å². The second-order valence-corrected chi connectivity index (χ2v) is 5.43. The van der Waals surface area contributed by atoms with Crippen LogP contribution >= 0.6 is 0 Å². The molecule has 0 saturated heterocycles. The number of fused-ring (bicyclic) bond motifs is 1. The van der Waals surface area contributed by atoms with Crippen molar-refractivity contribution in [2.24, 2.45) is 0 Å². The molecule has 1 amide bonds. The largest absolute Gasteiger partial charge is 0.496 e. The molecule has 3 rings (SSSR count). The van der Waals surface area contributed by atoms with Gasteiger partial charge in [0, 0.05) is 19.2 Å². The zero-order valence-electron chi connectivity index (χ0n) is 12.8. The van der Waals surface area contributed by atoms with Gasteiger partial charge >= 0.3 is 0 Å².